The van der Waals surface area contributed by atoms with Crippen LogP contribution < -0.4 is 16.0 Å². The Balaban J connectivity index is 1.40. The summed E-state index contributed by atoms with van der Waals surface area (Å²) in [7, 11) is 0. The Labute approximate surface area is 249 Å². The first-order valence-corrected chi connectivity index (χ1v) is 13.8. The molecule has 0 fully saturated rings. The predicted octanol–water partition coefficient (Wildman–Crippen LogP) is 7.50. The van der Waals surface area contributed by atoms with Crippen LogP contribution in [0.25, 0.3) is 6.08 Å². The van der Waals surface area contributed by atoms with E-state index in [1.165, 1.54) is 24.3 Å². The Hall–Kier alpha value is -4.54. The first-order chi connectivity index (χ1) is 20.1. The van der Waals surface area contributed by atoms with Crippen molar-refractivity contribution in [1.82, 2.24) is 5.32 Å². The molecular weight excluding hydrogens is 587 g/mol. The van der Waals surface area contributed by atoms with Crippen LogP contribution in [0, 0.1) is 0 Å². The SMILES string of the molecule is O=C(CSc1ccc(NC(=O)/C(=C/c2cccc(Cl)c2)NC(=O)c2ccccc2)cc1)Nc1ccccc1C(F)(F)F. The lowest BCUT2D eigenvalue weighted by molar-refractivity contribution is -0.137. The van der Waals surface area contributed by atoms with Crippen LogP contribution in [-0.4, -0.2) is 23.5 Å². The molecule has 4 aromatic carbocycles. The van der Waals surface area contributed by atoms with Crippen molar-refractivity contribution in [3.05, 3.63) is 131 Å². The lowest BCUT2D eigenvalue weighted by atomic mass is 10.1. The van der Waals surface area contributed by atoms with Gasteiger partial charge in [-0.05, 0) is 72.3 Å². The van der Waals surface area contributed by atoms with Gasteiger partial charge in [-0.15, -0.1) is 11.8 Å². The fourth-order valence-electron chi connectivity index (χ4n) is 3.71. The Morgan fingerprint density at radius 1 is 0.810 bits per heavy atom. The number of hydrogen-bond donors (Lipinski definition) is 3. The second-order valence-corrected chi connectivity index (χ2v) is 10.3. The molecular formula is C31H23ClF3N3O3S. The van der Waals surface area contributed by atoms with E-state index < -0.39 is 29.5 Å². The number of hydrogen-bond acceptors (Lipinski definition) is 4. The van der Waals surface area contributed by atoms with Gasteiger partial charge >= 0.3 is 6.18 Å². The van der Waals surface area contributed by atoms with Gasteiger partial charge in [0.25, 0.3) is 11.8 Å². The van der Waals surface area contributed by atoms with Crippen molar-refractivity contribution in [2.75, 3.05) is 16.4 Å². The number of alkyl halides is 3. The Morgan fingerprint density at radius 3 is 2.19 bits per heavy atom. The van der Waals surface area contributed by atoms with Gasteiger partial charge in [0.05, 0.1) is 17.0 Å². The van der Waals surface area contributed by atoms with Crippen molar-refractivity contribution in [3.63, 3.8) is 0 Å². The second kappa shape index (κ2) is 13.9. The molecule has 4 aromatic rings. The lowest BCUT2D eigenvalue weighted by Crippen LogP contribution is -2.30. The highest BCUT2D eigenvalue weighted by Crippen LogP contribution is 2.34. The van der Waals surface area contributed by atoms with Gasteiger partial charge in [0, 0.05) is 21.2 Å². The monoisotopic (exact) mass is 609 g/mol. The molecule has 3 amide bonds. The van der Waals surface area contributed by atoms with Crippen molar-refractivity contribution in [2.45, 2.75) is 11.1 Å². The van der Waals surface area contributed by atoms with Crippen LogP contribution in [-0.2, 0) is 15.8 Å². The van der Waals surface area contributed by atoms with E-state index in [1.54, 1.807) is 78.9 Å². The standard InChI is InChI=1S/C31H23ClF3N3O3S/c32-22-10-6-7-20(17-22)18-27(38-29(40)21-8-2-1-3-9-21)30(41)36-23-13-15-24(16-14-23)42-19-28(39)37-26-12-5-4-11-25(26)31(33,34)35/h1-18H,19H2,(H,36,41)(H,37,39)(H,38,40)/b27-18-. The van der Waals surface area contributed by atoms with E-state index in [0.717, 1.165) is 17.8 Å². The van der Waals surface area contributed by atoms with Crippen LogP contribution in [0.3, 0.4) is 0 Å². The van der Waals surface area contributed by atoms with E-state index in [1.807, 2.05) is 0 Å². The minimum absolute atomic E-state index is 0.0135. The molecule has 0 aromatic heterocycles. The molecule has 0 radical (unpaired) electrons. The van der Waals surface area contributed by atoms with Crippen LogP contribution in [0.15, 0.2) is 114 Å². The molecule has 0 bridgehead atoms. The zero-order valence-electron chi connectivity index (χ0n) is 21.7. The number of nitrogens with one attached hydrogen (secondary N) is 3. The first-order valence-electron chi connectivity index (χ1n) is 12.4. The molecule has 4 rings (SSSR count). The third-order valence-electron chi connectivity index (χ3n) is 5.68. The summed E-state index contributed by atoms with van der Waals surface area (Å²) in [6.07, 6.45) is -3.09. The summed E-state index contributed by atoms with van der Waals surface area (Å²) < 4.78 is 39.5. The summed E-state index contributed by atoms with van der Waals surface area (Å²) in [5.74, 6) is -1.78. The number of halogens is 4. The Morgan fingerprint density at radius 2 is 1.50 bits per heavy atom. The van der Waals surface area contributed by atoms with Gasteiger partial charge in [0.1, 0.15) is 5.70 Å². The fourth-order valence-corrected chi connectivity index (χ4v) is 4.61. The van der Waals surface area contributed by atoms with Crippen LogP contribution in [0.2, 0.25) is 5.02 Å². The second-order valence-electron chi connectivity index (χ2n) is 8.79. The highest BCUT2D eigenvalue weighted by atomic mass is 35.5. The van der Waals surface area contributed by atoms with E-state index in [9.17, 15) is 27.6 Å². The smallest absolute Gasteiger partial charge is 0.325 e. The molecule has 0 aliphatic heterocycles. The third kappa shape index (κ3) is 8.73. The maximum absolute atomic E-state index is 13.2. The largest absolute Gasteiger partial charge is 0.418 e. The molecule has 0 aliphatic carbocycles. The minimum Gasteiger partial charge on any atom is -0.325 e. The van der Waals surface area contributed by atoms with Crippen LogP contribution in [0.1, 0.15) is 21.5 Å². The number of rotatable bonds is 9. The van der Waals surface area contributed by atoms with E-state index in [2.05, 4.69) is 16.0 Å². The average molecular weight is 610 g/mol. The number of carbonyl (C=O) groups excluding carboxylic acids is 3. The van der Waals surface area contributed by atoms with Gasteiger partial charge in [-0.1, -0.05) is 54.1 Å². The normalized spacial score (nSPS) is 11.5. The van der Waals surface area contributed by atoms with E-state index in [0.29, 0.717) is 26.7 Å². The summed E-state index contributed by atoms with van der Waals surface area (Å²) in [6, 6.07) is 26.5. The van der Waals surface area contributed by atoms with Crippen molar-refractivity contribution in [1.29, 1.82) is 0 Å². The van der Waals surface area contributed by atoms with Crippen LogP contribution >= 0.6 is 23.4 Å². The van der Waals surface area contributed by atoms with Gasteiger partial charge in [0.2, 0.25) is 5.91 Å². The molecule has 0 saturated carbocycles. The molecule has 0 heterocycles. The van der Waals surface area contributed by atoms with Gasteiger partial charge in [-0.25, -0.2) is 0 Å². The number of para-hydroxylation sites is 1. The van der Waals surface area contributed by atoms with Gasteiger partial charge in [0.15, 0.2) is 0 Å². The zero-order chi connectivity index (χ0) is 30.1. The molecule has 0 saturated heterocycles. The summed E-state index contributed by atoms with van der Waals surface area (Å²) in [6.45, 7) is 0. The van der Waals surface area contributed by atoms with Crippen LogP contribution in [0.4, 0.5) is 24.5 Å². The van der Waals surface area contributed by atoms with Crippen molar-refractivity contribution < 1.29 is 27.6 Å². The number of anilines is 2. The summed E-state index contributed by atoms with van der Waals surface area (Å²) in [4.78, 5) is 38.9. The zero-order valence-corrected chi connectivity index (χ0v) is 23.3. The highest BCUT2D eigenvalue weighted by Gasteiger charge is 2.33. The maximum Gasteiger partial charge on any atom is 0.418 e. The van der Waals surface area contributed by atoms with E-state index in [4.69, 9.17) is 11.6 Å². The fraction of sp³-hybridized carbons (Fsp3) is 0.0645. The minimum atomic E-state index is -4.59. The number of thioether (sulfide) groups is 1. The predicted molar refractivity (Wildman–Crippen MR) is 159 cm³/mol. The van der Waals surface area contributed by atoms with Gasteiger partial charge < -0.3 is 16.0 Å². The molecule has 0 atom stereocenters. The number of carbonyl (C=O) groups is 3. The lowest BCUT2D eigenvalue weighted by Gasteiger charge is -2.13. The summed E-state index contributed by atoms with van der Waals surface area (Å²) in [5.41, 5.74) is 0.138. The van der Waals surface area contributed by atoms with Gasteiger partial charge in [-0.3, -0.25) is 14.4 Å². The topological polar surface area (TPSA) is 87.3 Å². The number of benzene rings is 4. The Kier molecular flexibility index (Phi) is 10.1. The molecule has 0 unspecified atom stereocenters. The first kappa shape index (κ1) is 30.4. The van der Waals surface area contributed by atoms with Crippen molar-refractivity contribution in [3.8, 4) is 0 Å². The van der Waals surface area contributed by atoms with Gasteiger partial charge in [-0.2, -0.15) is 13.2 Å². The third-order valence-corrected chi connectivity index (χ3v) is 6.92. The maximum atomic E-state index is 13.2. The van der Waals surface area contributed by atoms with Crippen molar-refractivity contribution >= 4 is 58.5 Å². The van der Waals surface area contributed by atoms with E-state index in [-0.39, 0.29) is 17.1 Å². The molecule has 42 heavy (non-hydrogen) atoms. The van der Waals surface area contributed by atoms with Crippen LogP contribution in [0.5, 0.6) is 0 Å². The Bertz CT molecular complexity index is 1610. The summed E-state index contributed by atoms with van der Waals surface area (Å²) in [5, 5.41) is 8.14. The van der Waals surface area contributed by atoms with Crippen molar-refractivity contribution in [2.24, 2.45) is 0 Å². The van der Waals surface area contributed by atoms with E-state index >= 15 is 0 Å². The molecule has 6 nitrogen and oxygen atoms in total. The molecule has 3 N–H and O–H groups in total. The highest BCUT2D eigenvalue weighted by molar-refractivity contribution is 8.00. The molecule has 0 spiro atoms. The summed E-state index contributed by atoms with van der Waals surface area (Å²) >= 11 is 7.19. The quantitative estimate of drug-likeness (QED) is 0.135. The molecule has 11 heteroatoms. The average Bonchev–Trinajstić information content (AvgIpc) is 2.96. The molecule has 214 valence electrons. The number of amides is 3. The molecule has 0 aliphatic rings.